The highest BCUT2D eigenvalue weighted by Crippen LogP contribution is 2.14. The van der Waals surface area contributed by atoms with Crippen LogP contribution in [0.25, 0.3) is 0 Å². The maximum Gasteiger partial charge on any atom is 0.253 e. The zero-order chi connectivity index (χ0) is 13.4. The molecule has 0 aromatic heterocycles. The first-order valence-electron chi connectivity index (χ1n) is 6.33. The second kappa shape index (κ2) is 8.03. The Kier molecular flexibility index (Phi) is 6.65. The largest absolute Gasteiger partial charge is 0.385 e. The monoisotopic (exact) mass is 266 g/mol. The Hall–Kier alpha value is -1.16. The number of anilines is 1. The van der Waals surface area contributed by atoms with Gasteiger partial charge in [-0.1, -0.05) is 19.1 Å². The normalized spacial score (nSPS) is 11.9. The molecule has 0 heterocycles. The lowest BCUT2D eigenvalue weighted by Crippen LogP contribution is -2.26. The predicted octanol–water partition coefficient (Wildman–Crippen LogP) is 2.99. The van der Waals surface area contributed by atoms with Gasteiger partial charge < -0.3 is 10.6 Å². The first-order chi connectivity index (χ1) is 8.69. The summed E-state index contributed by atoms with van der Waals surface area (Å²) in [5.41, 5.74) is 1.62. The van der Waals surface area contributed by atoms with Crippen molar-refractivity contribution in [2.24, 2.45) is 0 Å². The summed E-state index contributed by atoms with van der Waals surface area (Å²) in [7, 11) is 0. The Balaban J connectivity index is 2.55. The van der Waals surface area contributed by atoms with E-state index in [-0.39, 0.29) is 5.91 Å². The van der Waals surface area contributed by atoms with Crippen LogP contribution in [0, 0.1) is 0 Å². The van der Waals surface area contributed by atoms with Gasteiger partial charge in [0, 0.05) is 24.0 Å². The van der Waals surface area contributed by atoms with Gasteiger partial charge in [0.2, 0.25) is 0 Å². The molecule has 0 saturated carbocycles. The van der Waals surface area contributed by atoms with E-state index in [0.717, 1.165) is 30.8 Å². The average molecular weight is 266 g/mol. The quantitative estimate of drug-likeness (QED) is 0.797. The van der Waals surface area contributed by atoms with Crippen LogP contribution in [0.5, 0.6) is 0 Å². The van der Waals surface area contributed by atoms with Crippen LogP contribution in [-0.2, 0) is 0 Å². The third-order valence-electron chi connectivity index (χ3n) is 2.78. The lowest BCUT2D eigenvalue weighted by Gasteiger charge is -2.12. The van der Waals surface area contributed by atoms with Crippen LogP contribution in [0.4, 0.5) is 5.69 Å². The highest BCUT2D eigenvalue weighted by atomic mass is 32.2. The molecule has 2 N–H and O–H groups in total. The highest BCUT2D eigenvalue weighted by Gasteiger charge is 2.10. The van der Waals surface area contributed by atoms with E-state index in [4.69, 9.17) is 0 Å². The molecule has 0 radical (unpaired) electrons. The Labute approximate surface area is 114 Å². The number of carbonyl (C=O) groups excluding carboxylic acids is 1. The van der Waals surface area contributed by atoms with Gasteiger partial charge in [0.25, 0.3) is 5.91 Å². The van der Waals surface area contributed by atoms with Gasteiger partial charge in [0.05, 0.1) is 5.56 Å². The van der Waals surface area contributed by atoms with Gasteiger partial charge >= 0.3 is 0 Å². The van der Waals surface area contributed by atoms with E-state index < -0.39 is 0 Å². The van der Waals surface area contributed by atoms with E-state index in [1.165, 1.54) is 0 Å². The molecule has 0 aliphatic carbocycles. The summed E-state index contributed by atoms with van der Waals surface area (Å²) in [5, 5.41) is 6.75. The summed E-state index contributed by atoms with van der Waals surface area (Å²) in [6.07, 6.45) is 3.09. The van der Waals surface area contributed by atoms with Gasteiger partial charge in [-0.25, -0.2) is 0 Å². The van der Waals surface area contributed by atoms with E-state index in [0.29, 0.717) is 5.25 Å². The van der Waals surface area contributed by atoms with Crippen molar-refractivity contribution in [3.05, 3.63) is 29.8 Å². The zero-order valence-electron chi connectivity index (χ0n) is 11.3. The smallest absolute Gasteiger partial charge is 0.253 e. The number of para-hydroxylation sites is 1. The predicted molar refractivity (Wildman–Crippen MR) is 80.5 cm³/mol. The van der Waals surface area contributed by atoms with Gasteiger partial charge in [0.15, 0.2) is 0 Å². The fraction of sp³-hybridized carbons (Fsp3) is 0.500. The highest BCUT2D eigenvalue weighted by molar-refractivity contribution is 7.99. The Morgan fingerprint density at radius 3 is 2.78 bits per heavy atom. The zero-order valence-corrected chi connectivity index (χ0v) is 12.1. The number of rotatable bonds is 7. The maximum absolute atomic E-state index is 12.1. The molecule has 0 fully saturated rings. The van der Waals surface area contributed by atoms with Crippen molar-refractivity contribution in [1.82, 2.24) is 5.32 Å². The van der Waals surface area contributed by atoms with E-state index >= 15 is 0 Å². The molecule has 4 heteroatoms. The Morgan fingerprint density at radius 1 is 1.39 bits per heavy atom. The third-order valence-corrected chi connectivity index (χ3v) is 3.82. The molecule has 0 bridgehead atoms. The molecular formula is C14H22N2OS. The van der Waals surface area contributed by atoms with Crippen molar-refractivity contribution < 1.29 is 4.79 Å². The van der Waals surface area contributed by atoms with Gasteiger partial charge in [-0.05, 0) is 31.7 Å². The Morgan fingerprint density at radius 2 is 2.11 bits per heavy atom. The minimum Gasteiger partial charge on any atom is -0.385 e. The summed E-state index contributed by atoms with van der Waals surface area (Å²) in [5.74, 6) is -0.000136. The van der Waals surface area contributed by atoms with Crippen LogP contribution in [0.2, 0.25) is 0 Å². The molecular weight excluding hydrogens is 244 g/mol. The van der Waals surface area contributed by atoms with Crippen molar-refractivity contribution >= 4 is 23.4 Å². The topological polar surface area (TPSA) is 41.1 Å². The second-order valence-electron chi connectivity index (χ2n) is 4.17. The van der Waals surface area contributed by atoms with Crippen molar-refractivity contribution in [1.29, 1.82) is 0 Å². The van der Waals surface area contributed by atoms with Crippen LogP contribution in [0.3, 0.4) is 0 Å². The van der Waals surface area contributed by atoms with Gasteiger partial charge in [-0.15, -0.1) is 0 Å². The molecule has 3 nitrogen and oxygen atoms in total. The van der Waals surface area contributed by atoms with Crippen molar-refractivity contribution in [2.45, 2.75) is 25.5 Å². The second-order valence-corrected chi connectivity index (χ2v) is 5.44. The lowest BCUT2D eigenvalue weighted by molar-refractivity contribution is 0.0954. The summed E-state index contributed by atoms with van der Waals surface area (Å²) in [6, 6.07) is 7.61. The molecule has 1 amide bonds. The van der Waals surface area contributed by atoms with Crippen LogP contribution >= 0.6 is 11.8 Å². The molecule has 1 rings (SSSR count). The van der Waals surface area contributed by atoms with Crippen LogP contribution in [0.1, 0.15) is 30.6 Å². The fourth-order valence-corrected chi connectivity index (χ4v) is 1.98. The van der Waals surface area contributed by atoms with Crippen molar-refractivity contribution in [3.8, 4) is 0 Å². The van der Waals surface area contributed by atoms with Crippen molar-refractivity contribution in [3.63, 3.8) is 0 Å². The van der Waals surface area contributed by atoms with Crippen LogP contribution < -0.4 is 10.6 Å². The molecule has 18 heavy (non-hydrogen) atoms. The minimum absolute atomic E-state index is 0.000136. The molecule has 100 valence electrons. The number of amides is 1. The average Bonchev–Trinajstić information content (AvgIpc) is 2.39. The number of benzene rings is 1. The number of hydrogen-bond donors (Lipinski definition) is 2. The molecule has 1 atom stereocenters. The SMILES string of the molecule is CCNc1ccccc1C(=O)NCCC(C)SC. The number of carbonyl (C=O) groups is 1. The molecule has 1 aromatic rings. The first-order valence-corrected chi connectivity index (χ1v) is 7.61. The molecule has 0 aliphatic heterocycles. The van der Waals surface area contributed by atoms with Crippen LogP contribution in [-0.4, -0.2) is 30.5 Å². The summed E-state index contributed by atoms with van der Waals surface area (Å²) >= 11 is 1.82. The number of hydrogen-bond acceptors (Lipinski definition) is 3. The molecule has 0 saturated heterocycles. The van der Waals surface area contributed by atoms with Crippen LogP contribution in [0.15, 0.2) is 24.3 Å². The third kappa shape index (κ3) is 4.61. The van der Waals surface area contributed by atoms with Gasteiger partial charge in [-0.2, -0.15) is 11.8 Å². The number of nitrogens with one attached hydrogen (secondary N) is 2. The Bertz CT molecular complexity index is 382. The van der Waals surface area contributed by atoms with E-state index in [2.05, 4.69) is 23.8 Å². The van der Waals surface area contributed by atoms with E-state index in [1.807, 2.05) is 43.0 Å². The van der Waals surface area contributed by atoms with Gasteiger partial charge in [0.1, 0.15) is 0 Å². The standard InChI is InChI=1S/C14H22N2OS/c1-4-15-13-8-6-5-7-12(13)14(17)16-10-9-11(2)18-3/h5-8,11,15H,4,9-10H2,1-3H3,(H,16,17). The van der Waals surface area contributed by atoms with Crippen molar-refractivity contribution in [2.75, 3.05) is 24.7 Å². The number of thioether (sulfide) groups is 1. The van der Waals surface area contributed by atoms with E-state index in [1.54, 1.807) is 0 Å². The fourth-order valence-electron chi connectivity index (χ4n) is 1.63. The first kappa shape index (κ1) is 14.9. The lowest BCUT2D eigenvalue weighted by atomic mass is 10.1. The van der Waals surface area contributed by atoms with Gasteiger partial charge in [-0.3, -0.25) is 4.79 Å². The molecule has 0 spiro atoms. The summed E-state index contributed by atoms with van der Waals surface area (Å²) < 4.78 is 0. The molecule has 1 unspecified atom stereocenters. The summed E-state index contributed by atoms with van der Waals surface area (Å²) in [4.78, 5) is 12.1. The minimum atomic E-state index is -0.000136. The van der Waals surface area contributed by atoms with E-state index in [9.17, 15) is 4.79 Å². The summed E-state index contributed by atoms with van der Waals surface area (Å²) in [6.45, 7) is 5.73. The molecule has 1 aromatic carbocycles. The maximum atomic E-state index is 12.1. The molecule has 0 aliphatic rings.